The van der Waals surface area contributed by atoms with Crippen molar-refractivity contribution in [3.63, 3.8) is 0 Å². The first-order chi connectivity index (χ1) is 34.5. The van der Waals surface area contributed by atoms with Crippen molar-refractivity contribution in [1.29, 1.82) is 0 Å². The second-order valence-electron chi connectivity index (χ2n) is 22.7. The molecule has 3 aliphatic heterocycles. The Hall–Kier alpha value is -1.67. The first kappa shape index (κ1) is 65.6. The monoisotopic (exact) mass is 1080 g/mol. The maximum atomic E-state index is 14.4. The minimum absolute atomic E-state index is 0.0750. The van der Waals surface area contributed by atoms with Crippen LogP contribution in [0.15, 0.2) is 36.0 Å². The molecule has 12 nitrogen and oxygen atoms in total. The van der Waals surface area contributed by atoms with E-state index in [0.717, 1.165) is 85.9 Å². The number of cyclic esters (lactones) is 1. The molecule has 424 valence electrons. The standard InChI is InChI=1S/C58H110N2O10Si3/c1-20-50(69-72(25-6,26-7)27-8)47(16)55-51(64-55)43-57(18,70-73(28-9,29-10)30-11)36-31-32-45(14)54-46(15)33-34-52(65-56(62)60-40-38-59(39-41-60)44(12)13)58(19,67-48(17)63-21-2)37-35-49(42-53(61)66-54)68-71(22-3,23-4)24-5/h31-34,36,44,46-52,54-55H,20-30,35,37-43H2,1-19H3/b34-33+,36-31+,45-32+. The lowest BCUT2D eigenvalue weighted by Crippen LogP contribution is -2.53. The van der Waals surface area contributed by atoms with Gasteiger partial charge in [-0.05, 0) is 134 Å². The Bertz CT molecular complexity index is 1710. The molecule has 0 bridgehead atoms. The van der Waals surface area contributed by atoms with Crippen LogP contribution in [0.1, 0.15) is 164 Å². The number of allylic oxidation sites excluding steroid dienone is 2. The summed E-state index contributed by atoms with van der Waals surface area (Å²) in [5, 5.41) is 0. The van der Waals surface area contributed by atoms with Crippen LogP contribution in [0.4, 0.5) is 4.79 Å². The highest BCUT2D eigenvalue weighted by molar-refractivity contribution is 6.74. The molecule has 3 rings (SSSR count). The molecule has 11 atom stereocenters. The Morgan fingerprint density at radius 1 is 0.849 bits per heavy atom. The van der Waals surface area contributed by atoms with Gasteiger partial charge in [-0.3, -0.25) is 9.69 Å². The lowest BCUT2D eigenvalue weighted by atomic mass is 9.88. The average molecular weight is 1080 g/mol. The van der Waals surface area contributed by atoms with E-state index in [1.807, 2.05) is 44.7 Å². The number of ether oxygens (including phenoxy) is 5. The minimum atomic E-state index is -2.18. The van der Waals surface area contributed by atoms with Crippen molar-refractivity contribution in [2.24, 2.45) is 11.8 Å². The third kappa shape index (κ3) is 18.8. The summed E-state index contributed by atoms with van der Waals surface area (Å²) in [6, 6.07) is 9.77. The van der Waals surface area contributed by atoms with E-state index in [0.29, 0.717) is 38.6 Å². The summed E-state index contributed by atoms with van der Waals surface area (Å²) in [4.78, 5) is 32.8. The normalized spacial score (nSPS) is 28.0. The maximum absolute atomic E-state index is 14.4. The molecule has 3 heterocycles. The molecule has 0 aliphatic carbocycles. The summed E-state index contributed by atoms with van der Waals surface area (Å²) in [5.74, 6) is -0.295. The van der Waals surface area contributed by atoms with Crippen molar-refractivity contribution in [3.05, 3.63) is 36.0 Å². The quantitative estimate of drug-likeness (QED) is 0.0178. The number of epoxide rings is 1. The molecule has 11 unspecified atom stereocenters. The van der Waals surface area contributed by atoms with Crippen LogP contribution < -0.4 is 0 Å². The number of esters is 1. The summed E-state index contributed by atoms with van der Waals surface area (Å²) in [5.41, 5.74) is -0.687. The first-order valence-electron chi connectivity index (χ1n) is 29.5. The Labute approximate surface area is 450 Å². The number of amides is 1. The zero-order chi connectivity index (χ0) is 54.8. The van der Waals surface area contributed by atoms with Crippen LogP contribution in [0.25, 0.3) is 0 Å². The van der Waals surface area contributed by atoms with Crippen LogP contribution in [-0.4, -0.2) is 140 Å². The molecule has 1 amide bonds. The Balaban J connectivity index is 2.10. The molecule has 0 saturated carbocycles. The van der Waals surface area contributed by atoms with Gasteiger partial charge in [-0.15, -0.1) is 0 Å². The number of rotatable bonds is 29. The maximum Gasteiger partial charge on any atom is 0.410 e. The Kier molecular flexibility index (Phi) is 27.4. The van der Waals surface area contributed by atoms with Crippen LogP contribution in [0, 0.1) is 11.8 Å². The molecular weight excluding hydrogens is 969 g/mol. The van der Waals surface area contributed by atoms with Gasteiger partial charge >= 0.3 is 12.1 Å². The van der Waals surface area contributed by atoms with Crippen LogP contribution in [-0.2, 0) is 41.8 Å². The summed E-state index contributed by atoms with van der Waals surface area (Å²) < 4.78 is 54.2. The molecule has 0 aromatic carbocycles. The van der Waals surface area contributed by atoms with Crippen LogP contribution >= 0.6 is 0 Å². The lowest BCUT2D eigenvalue weighted by molar-refractivity contribution is -0.222. The predicted molar refractivity (Wildman–Crippen MR) is 308 cm³/mol. The largest absolute Gasteiger partial charge is 0.457 e. The molecule has 0 radical (unpaired) electrons. The highest BCUT2D eigenvalue weighted by Gasteiger charge is 2.51. The fraction of sp³-hybridized carbons (Fsp3) is 0.862. The van der Waals surface area contributed by atoms with E-state index in [2.05, 4.69) is 127 Å². The highest BCUT2D eigenvalue weighted by atomic mass is 28.4. The third-order valence-corrected chi connectivity index (χ3v) is 31.8. The molecule has 3 aliphatic rings. The fourth-order valence-electron chi connectivity index (χ4n) is 11.6. The number of hydrogen-bond acceptors (Lipinski definition) is 11. The Morgan fingerprint density at radius 3 is 1.95 bits per heavy atom. The van der Waals surface area contributed by atoms with Gasteiger partial charge in [0, 0.05) is 63.2 Å². The molecule has 15 heteroatoms. The SMILES string of the molecule is CCOC(C)OC1(C)CCC(O[Si](CC)(CC)CC)CC(=O)OC(/C(C)=C/C=C/C(C)(CC2OC2C(C)C(CC)O[Si](CC)(CC)CC)O[Si](CC)(CC)CC)C(C)/C=C/C1OC(=O)N1CCN(C(C)C)CC1. The molecule has 0 spiro atoms. The lowest BCUT2D eigenvalue weighted by Gasteiger charge is -2.41. The van der Waals surface area contributed by atoms with Gasteiger partial charge in [0.2, 0.25) is 0 Å². The Morgan fingerprint density at radius 2 is 1.42 bits per heavy atom. The van der Waals surface area contributed by atoms with E-state index in [4.69, 9.17) is 37.0 Å². The summed E-state index contributed by atoms with van der Waals surface area (Å²) in [7, 11) is -6.03. The van der Waals surface area contributed by atoms with Gasteiger partial charge in [-0.1, -0.05) is 107 Å². The number of carbonyl (C=O) groups is 2. The summed E-state index contributed by atoms with van der Waals surface area (Å²) in [6.45, 7) is 44.8. The number of nitrogens with zero attached hydrogens (tertiary/aromatic N) is 2. The van der Waals surface area contributed by atoms with E-state index < -0.39 is 60.8 Å². The van der Waals surface area contributed by atoms with Gasteiger partial charge < -0.3 is 41.9 Å². The van der Waals surface area contributed by atoms with Crippen LogP contribution in [0.2, 0.25) is 54.4 Å². The van der Waals surface area contributed by atoms with Gasteiger partial charge in [-0.25, -0.2) is 4.79 Å². The van der Waals surface area contributed by atoms with E-state index in [-0.39, 0.29) is 48.6 Å². The first-order valence-corrected chi connectivity index (χ1v) is 37.0. The predicted octanol–water partition coefficient (Wildman–Crippen LogP) is 14.2. The molecule has 2 saturated heterocycles. The summed E-state index contributed by atoms with van der Waals surface area (Å²) in [6.07, 6.45) is 10.9. The molecular formula is C58H110N2O10Si3. The zero-order valence-corrected chi connectivity index (χ0v) is 53.1. The van der Waals surface area contributed by atoms with Crippen LogP contribution in [0.3, 0.4) is 0 Å². The van der Waals surface area contributed by atoms with Crippen LogP contribution in [0.5, 0.6) is 0 Å². The van der Waals surface area contributed by atoms with Crippen molar-refractivity contribution in [1.82, 2.24) is 9.80 Å². The number of piperazine rings is 1. The van der Waals surface area contributed by atoms with E-state index in [1.54, 1.807) is 0 Å². The van der Waals surface area contributed by atoms with Crippen molar-refractivity contribution >= 4 is 37.0 Å². The second kappa shape index (κ2) is 30.5. The smallest absolute Gasteiger partial charge is 0.410 e. The molecule has 0 aromatic heterocycles. The second-order valence-corrected chi connectivity index (χ2v) is 36.8. The topological polar surface area (TPSA) is 118 Å². The molecule has 0 aromatic rings. The van der Waals surface area contributed by atoms with Gasteiger partial charge in [0.05, 0.1) is 30.3 Å². The van der Waals surface area contributed by atoms with Gasteiger partial charge in [0.15, 0.2) is 37.3 Å². The highest BCUT2D eigenvalue weighted by Crippen LogP contribution is 2.43. The van der Waals surface area contributed by atoms with E-state index in [1.165, 1.54) is 0 Å². The van der Waals surface area contributed by atoms with E-state index in [9.17, 15) is 9.59 Å². The third-order valence-electron chi connectivity index (χ3n) is 17.7. The fourth-order valence-corrected chi connectivity index (χ4v) is 20.6. The minimum Gasteiger partial charge on any atom is -0.457 e. The zero-order valence-electron chi connectivity index (χ0n) is 50.1. The van der Waals surface area contributed by atoms with Gasteiger partial charge in [0.1, 0.15) is 11.7 Å². The van der Waals surface area contributed by atoms with Crippen molar-refractivity contribution in [2.75, 3.05) is 32.8 Å². The molecule has 2 fully saturated rings. The number of carbonyl (C=O) groups excluding carboxylic acids is 2. The van der Waals surface area contributed by atoms with Crippen molar-refractivity contribution < 1.29 is 46.6 Å². The van der Waals surface area contributed by atoms with Crippen molar-refractivity contribution in [3.8, 4) is 0 Å². The molecule has 0 N–H and O–H groups in total. The van der Waals surface area contributed by atoms with Crippen molar-refractivity contribution in [2.45, 2.75) is 278 Å². The number of hydrogen-bond donors (Lipinski definition) is 0. The van der Waals surface area contributed by atoms with Gasteiger partial charge in [-0.2, -0.15) is 0 Å². The van der Waals surface area contributed by atoms with Gasteiger partial charge in [0.25, 0.3) is 0 Å². The molecule has 73 heavy (non-hydrogen) atoms. The average Bonchev–Trinajstić information content (AvgIpc) is 4.15. The van der Waals surface area contributed by atoms with E-state index >= 15 is 0 Å². The summed E-state index contributed by atoms with van der Waals surface area (Å²) >= 11 is 0.